The van der Waals surface area contributed by atoms with Crippen molar-refractivity contribution in [2.45, 2.75) is 26.1 Å². The number of nitrogens with zero attached hydrogens (tertiary/aromatic N) is 4. The van der Waals surface area contributed by atoms with Crippen LogP contribution < -0.4 is 10.1 Å². The summed E-state index contributed by atoms with van der Waals surface area (Å²) in [6, 6.07) is 1.17. The minimum absolute atomic E-state index is 0.152. The van der Waals surface area contributed by atoms with Gasteiger partial charge in [0.25, 0.3) is 5.88 Å². The maximum absolute atomic E-state index is 14.2. The Kier molecular flexibility index (Phi) is 6.57. The molecule has 0 fully saturated rings. The Morgan fingerprint density at radius 1 is 1.20 bits per heavy atom. The zero-order chi connectivity index (χ0) is 21.8. The van der Waals surface area contributed by atoms with Crippen molar-refractivity contribution in [2.24, 2.45) is 0 Å². The number of nitrogens with one attached hydrogen (secondary N) is 1. The van der Waals surface area contributed by atoms with E-state index in [0.29, 0.717) is 10.3 Å². The van der Waals surface area contributed by atoms with Crippen LogP contribution in [-0.2, 0) is 9.47 Å². The van der Waals surface area contributed by atoms with Crippen LogP contribution >= 0.6 is 22.9 Å². The zero-order valence-corrected chi connectivity index (χ0v) is 17.5. The number of halogens is 2. The lowest BCUT2D eigenvalue weighted by Gasteiger charge is -2.21. The number of anilines is 1. The molecule has 1 amide bonds. The fourth-order valence-corrected chi connectivity index (χ4v) is 3.11. The van der Waals surface area contributed by atoms with Crippen molar-refractivity contribution in [1.82, 2.24) is 19.9 Å². The van der Waals surface area contributed by atoms with Crippen molar-refractivity contribution in [2.75, 3.05) is 12.4 Å². The van der Waals surface area contributed by atoms with Gasteiger partial charge in [0.05, 0.1) is 25.2 Å². The summed E-state index contributed by atoms with van der Waals surface area (Å²) in [4.78, 5) is 39.3. The van der Waals surface area contributed by atoms with Gasteiger partial charge in [0.15, 0.2) is 10.3 Å². The summed E-state index contributed by atoms with van der Waals surface area (Å²) >= 11 is 6.89. The lowest BCUT2D eigenvalue weighted by atomic mass is 10.2. The third-order valence-electron chi connectivity index (χ3n) is 3.80. The monoisotopic (exact) mass is 455 g/mol. The fourth-order valence-electron chi connectivity index (χ4n) is 2.15. The Morgan fingerprint density at radius 3 is 2.57 bits per heavy atom. The highest BCUT2D eigenvalue weighted by atomic mass is 35.5. The van der Waals surface area contributed by atoms with Crippen LogP contribution in [0.5, 0.6) is 5.88 Å². The lowest BCUT2D eigenvalue weighted by Crippen LogP contribution is -2.33. The standard InChI is InChI=1S/C17H15ClFN5O5S/c1-7(28-13-10(19)4-11-14(24-13)30-16(18)23-11)8(2)29-17(26)22-9-5-20-12(21-6-9)15(25)27-3/h4-8H,1-3H3,(H,22,26)/t7-,8+/m0/s1. The van der Waals surface area contributed by atoms with Gasteiger partial charge in [-0.1, -0.05) is 22.9 Å². The molecule has 3 heterocycles. The number of fused-ring (bicyclic) bond motifs is 1. The molecule has 30 heavy (non-hydrogen) atoms. The molecule has 3 aromatic rings. The van der Waals surface area contributed by atoms with Crippen molar-refractivity contribution in [3.63, 3.8) is 0 Å². The molecule has 0 unspecified atom stereocenters. The third kappa shape index (κ3) is 5.07. The number of esters is 1. The summed E-state index contributed by atoms with van der Waals surface area (Å²) in [5.74, 6) is -1.82. The second-order valence-corrected chi connectivity index (χ2v) is 7.47. The van der Waals surface area contributed by atoms with Crippen LogP contribution in [0.25, 0.3) is 10.3 Å². The first kappa shape index (κ1) is 21.6. The Morgan fingerprint density at radius 2 is 1.90 bits per heavy atom. The molecule has 0 bridgehead atoms. The van der Waals surface area contributed by atoms with Crippen LogP contribution in [0.4, 0.5) is 14.9 Å². The first-order valence-electron chi connectivity index (χ1n) is 8.44. The number of aromatic nitrogens is 4. The number of amides is 1. The molecule has 3 aromatic heterocycles. The highest BCUT2D eigenvalue weighted by Crippen LogP contribution is 2.28. The van der Waals surface area contributed by atoms with Crippen LogP contribution in [0.3, 0.4) is 0 Å². The minimum atomic E-state index is -0.814. The number of carbonyl (C=O) groups excluding carboxylic acids is 2. The van der Waals surface area contributed by atoms with Crippen LogP contribution in [0, 0.1) is 5.82 Å². The van der Waals surface area contributed by atoms with Gasteiger partial charge >= 0.3 is 12.1 Å². The number of hydrogen-bond acceptors (Lipinski definition) is 10. The molecule has 0 aromatic carbocycles. The number of methoxy groups -OCH3 is 1. The van der Waals surface area contributed by atoms with Gasteiger partial charge in [0.1, 0.15) is 22.6 Å². The molecule has 0 aliphatic heterocycles. The summed E-state index contributed by atoms with van der Waals surface area (Å²) in [6.07, 6.45) is 0.142. The number of hydrogen-bond donors (Lipinski definition) is 1. The van der Waals surface area contributed by atoms with Crippen LogP contribution in [-0.4, -0.2) is 51.3 Å². The van der Waals surface area contributed by atoms with Gasteiger partial charge in [-0.05, 0) is 13.8 Å². The Labute approximate surface area is 178 Å². The molecule has 0 saturated carbocycles. The Bertz CT molecular complexity index is 1080. The number of rotatable bonds is 6. The van der Waals surface area contributed by atoms with Crippen molar-refractivity contribution in [3.05, 3.63) is 34.6 Å². The molecule has 1 N–H and O–H groups in total. The quantitative estimate of drug-likeness (QED) is 0.556. The molecular weight excluding hydrogens is 441 g/mol. The second-order valence-electron chi connectivity index (χ2n) is 5.91. The molecule has 0 radical (unpaired) electrons. The van der Waals surface area contributed by atoms with E-state index in [1.165, 1.54) is 25.6 Å². The number of carbonyl (C=O) groups is 2. The van der Waals surface area contributed by atoms with Gasteiger partial charge in [0.2, 0.25) is 5.82 Å². The molecule has 10 nitrogen and oxygen atoms in total. The lowest BCUT2D eigenvalue weighted by molar-refractivity contribution is 0.0379. The molecule has 3 rings (SSSR count). The summed E-state index contributed by atoms with van der Waals surface area (Å²) in [5.41, 5.74) is 0.528. The van der Waals surface area contributed by atoms with Gasteiger partial charge in [-0.25, -0.2) is 28.9 Å². The van der Waals surface area contributed by atoms with E-state index in [9.17, 15) is 14.0 Å². The average Bonchev–Trinajstić information content (AvgIpc) is 3.06. The van der Waals surface area contributed by atoms with E-state index < -0.39 is 30.1 Å². The first-order chi connectivity index (χ1) is 14.3. The van der Waals surface area contributed by atoms with E-state index in [2.05, 4.69) is 30.0 Å². The zero-order valence-electron chi connectivity index (χ0n) is 15.9. The minimum Gasteiger partial charge on any atom is -0.469 e. The van der Waals surface area contributed by atoms with E-state index in [1.807, 2.05) is 0 Å². The van der Waals surface area contributed by atoms with Crippen molar-refractivity contribution >= 4 is 51.0 Å². The molecule has 13 heteroatoms. The Balaban J connectivity index is 1.58. The summed E-state index contributed by atoms with van der Waals surface area (Å²) < 4.78 is 29.6. The second kappa shape index (κ2) is 9.13. The molecule has 2 atom stereocenters. The van der Waals surface area contributed by atoms with Gasteiger partial charge < -0.3 is 14.2 Å². The van der Waals surface area contributed by atoms with Crippen molar-refractivity contribution < 1.29 is 28.2 Å². The average molecular weight is 456 g/mol. The van der Waals surface area contributed by atoms with Crippen LogP contribution in [0.2, 0.25) is 4.47 Å². The van der Waals surface area contributed by atoms with E-state index in [1.54, 1.807) is 13.8 Å². The fraction of sp³-hybridized carbons (Fsp3) is 0.294. The third-order valence-corrected chi connectivity index (χ3v) is 4.87. The summed E-state index contributed by atoms with van der Waals surface area (Å²) in [6.45, 7) is 3.16. The van der Waals surface area contributed by atoms with Gasteiger partial charge in [0, 0.05) is 6.07 Å². The van der Waals surface area contributed by atoms with Crippen molar-refractivity contribution in [1.29, 1.82) is 0 Å². The number of thiazole rings is 1. The largest absolute Gasteiger partial charge is 0.469 e. The molecule has 0 aliphatic rings. The summed E-state index contributed by atoms with van der Waals surface area (Å²) in [5, 5.41) is 2.41. The Hall–Kier alpha value is -3.12. The van der Waals surface area contributed by atoms with Gasteiger partial charge in [-0.15, -0.1) is 0 Å². The van der Waals surface area contributed by atoms with Gasteiger partial charge in [-0.3, -0.25) is 5.32 Å². The van der Waals surface area contributed by atoms with Gasteiger partial charge in [-0.2, -0.15) is 4.98 Å². The highest BCUT2D eigenvalue weighted by Gasteiger charge is 2.22. The van der Waals surface area contributed by atoms with E-state index >= 15 is 0 Å². The normalized spacial score (nSPS) is 12.8. The van der Waals surface area contributed by atoms with E-state index in [-0.39, 0.29) is 21.9 Å². The predicted octanol–water partition coefficient (Wildman–Crippen LogP) is 3.46. The van der Waals surface area contributed by atoms with E-state index in [0.717, 1.165) is 11.3 Å². The molecule has 158 valence electrons. The van der Waals surface area contributed by atoms with E-state index in [4.69, 9.17) is 21.1 Å². The number of pyridine rings is 1. The molecular formula is C17H15ClFN5O5S. The summed E-state index contributed by atoms with van der Waals surface area (Å²) in [7, 11) is 1.20. The SMILES string of the molecule is COC(=O)c1ncc(NC(=O)O[C@H](C)[C@H](C)Oc2nc3sc(Cl)nc3cc2F)cn1. The topological polar surface area (TPSA) is 125 Å². The maximum Gasteiger partial charge on any atom is 0.412 e. The highest BCUT2D eigenvalue weighted by molar-refractivity contribution is 7.21. The smallest absolute Gasteiger partial charge is 0.412 e. The van der Waals surface area contributed by atoms with Crippen LogP contribution in [0.1, 0.15) is 24.5 Å². The molecule has 0 aliphatic carbocycles. The maximum atomic E-state index is 14.2. The molecule has 0 saturated heterocycles. The first-order valence-corrected chi connectivity index (χ1v) is 9.63. The number of ether oxygens (including phenoxy) is 3. The van der Waals surface area contributed by atoms with Crippen LogP contribution in [0.15, 0.2) is 18.5 Å². The molecule has 0 spiro atoms. The predicted molar refractivity (Wildman–Crippen MR) is 105 cm³/mol. The van der Waals surface area contributed by atoms with Crippen molar-refractivity contribution in [3.8, 4) is 5.88 Å².